The summed E-state index contributed by atoms with van der Waals surface area (Å²) in [6.07, 6.45) is 3.86. The first-order valence-corrected chi connectivity index (χ1v) is 11.7. The van der Waals surface area contributed by atoms with Crippen molar-refractivity contribution in [3.63, 3.8) is 0 Å². The normalized spacial score (nSPS) is 26.6. The number of anilines is 1. The first kappa shape index (κ1) is 19.4. The SMILES string of the molecule is COC1CC(O)CC(c2ccc(C3CC3)c(Cc3ccc4c(c3)NCCS4)c2)O1. The maximum atomic E-state index is 10.2. The lowest BCUT2D eigenvalue weighted by molar-refractivity contribution is -0.205. The van der Waals surface area contributed by atoms with Gasteiger partial charge in [-0.15, -0.1) is 11.8 Å². The van der Waals surface area contributed by atoms with Crippen LogP contribution in [0.25, 0.3) is 0 Å². The summed E-state index contributed by atoms with van der Waals surface area (Å²) in [5, 5.41) is 13.8. The van der Waals surface area contributed by atoms with Crippen LogP contribution in [0.2, 0.25) is 0 Å². The molecule has 1 saturated carbocycles. The minimum atomic E-state index is -0.380. The number of thioether (sulfide) groups is 1. The van der Waals surface area contributed by atoms with Crippen LogP contribution in [0.4, 0.5) is 5.69 Å². The molecule has 2 fully saturated rings. The van der Waals surface area contributed by atoms with Crippen LogP contribution < -0.4 is 5.32 Å². The van der Waals surface area contributed by atoms with Crippen LogP contribution in [0, 0.1) is 0 Å². The van der Waals surface area contributed by atoms with Crippen molar-refractivity contribution in [2.45, 2.75) is 61.4 Å². The minimum Gasteiger partial charge on any atom is -0.393 e. The fourth-order valence-corrected chi connectivity index (χ4v) is 5.39. The van der Waals surface area contributed by atoms with E-state index >= 15 is 0 Å². The van der Waals surface area contributed by atoms with E-state index in [-0.39, 0.29) is 18.5 Å². The Morgan fingerprint density at radius 1 is 1.17 bits per heavy atom. The third-order valence-electron chi connectivity index (χ3n) is 6.20. The number of hydrogen-bond donors (Lipinski definition) is 2. The summed E-state index contributed by atoms with van der Waals surface area (Å²) in [6.45, 7) is 1.03. The largest absolute Gasteiger partial charge is 0.393 e. The maximum Gasteiger partial charge on any atom is 0.160 e. The number of rotatable bonds is 5. The van der Waals surface area contributed by atoms with E-state index in [1.807, 2.05) is 11.8 Å². The van der Waals surface area contributed by atoms with Gasteiger partial charge in [0.05, 0.1) is 12.2 Å². The number of hydrogen-bond acceptors (Lipinski definition) is 5. The van der Waals surface area contributed by atoms with Gasteiger partial charge in [-0.2, -0.15) is 0 Å². The number of methoxy groups -OCH3 is 1. The molecule has 29 heavy (non-hydrogen) atoms. The van der Waals surface area contributed by atoms with Gasteiger partial charge in [-0.05, 0) is 59.6 Å². The van der Waals surface area contributed by atoms with Crippen molar-refractivity contribution in [2.24, 2.45) is 0 Å². The van der Waals surface area contributed by atoms with Crippen molar-refractivity contribution in [3.8, 4) is 0 Å². The lowest BCUT2D eigenvalue weighted by atomic mass is 9.91. The van der Waals surface area contributed by atoms with Crippen molar-refractivity contribution >= 4 is 17.4 Å². The van der Waals surface area contributed by atoms with E-state index in [1.165, 1.54) is 40.1 Å². The Balaban J connectivity index is 1.43. The summed E-state index contributed by atoms with van der Waals surface area (Å²) in [5.41, 5.74) is 6.64. The lowest BCUT2D eigenvalue weighted by Crippen LogP contribution is -2.32. The minimum absolute atomic E-state index is 0.114. The summed E-state index contributed by atoms with van der Waals surface area (Å²) < 4.78 is 11.5. The average Bonchev–Trinajstić information content (AvgIpc) is 3.58. The molecule has 0 amide bonds. The highest BCUT2D eigenvalue weighted by molar-refractivity contribution is 7.99. The summed E-state index contributed by atoms with van der Waals surface area (Å²) in [5.74, 6) is 1.84. The third-order valence-corrected chi connectivity index (χ3v) is 7.27. The highest BCUT2D eigenvalue weighted by Gasteiger charge is 2.31. The lowest BCUT2D eigenvalue weighted by Gasteiger charge is -2.32. The predicted octanol–water partition coefficient (Wildman–Crippen LogP) is 4.86. The first-order valence-electron chi connectivity index (χ1n) is 10.7. The Kier molecular flexibility index (Phi) is 5.57. The van der Waals surface area contributed by atoms with E-state index in [0.717, 1.165) is 24.3 Å². The molecule has 2 aromatic carbocycles. The average molecular weight is 412 g/mol. The Morgan fingerprint density at radius 2 is 2.07 bits per heavy atom. The number of aliphatic hydroxyl groups excluding tert-OH is 1. The van der Waals surface area contributed by atoms with Crippen molar-refractivity contribution < 1.29 is 14.6 Å². The second-order valence-electron chi connectivity index (χ2n) is 8.43. The summed E-state index contributed by atoms with van der Waals surface area (Å²) in [6, 6.07) is 13.6. The van der Waals surface area contributed by atoms with Gasteiger partial charge >= 0.3 is 0 Å². The standard InChI is InChI=1S/C24H29NO3S/c1-27-24-14-19(26)13-22(28-24)17-5-6-20(16-3-4-16)18(12-17)10-15-2-7-23-21(11-15)25-8-9-29-23/h2,5-7,11-12,16,19,22,24-26H,3-4,8-10,13-14H2,1H3. The Labute approximate surface area is 177 Å². The zero-order chi connectivity index (χ0) is 19.8. The van der Waals surface area contributed by atoms with Crippen LogP contribution in [0.5, 0.6) is 0 Å². The molecule has 2 N–H and O–H groups in total. The molecular formula is C24H29NO3S. The first-order chi connectivity index (χ1) is 14.2. The van der Waals surface area contributed by atoms with Gasteiger partial charge in [0.25, 0.3) is 0 Å². The monoisotopic (exact) mass is 411 g/mol. The number of benzene rings is 2. The molecule has 3 unspecified atom stereocenters. The number of ether oxygens (including phenoxy) is 2. The second-order valence-corrected chi connectivity index (χ2v) is 9.57. The molecule has 0 bridgehead atoms. The van der Waals surface area contributed by atoms with Crippen LogP contribution >= 0.6 is 11.8 Å². The third kappa shape index (κ3) is 4.33. The smallest absolute Gasteiger partial charge is 0.160 e. The molecule has 5 heteroatoms. The van der Waals surface area contributed by atoms with E-state index in [4.69, 9.17) is 9.47 Å². The van der Waals surface area contributed by atoms with Crippen molar-refractivity contribution in [1.82, 2.24) is 0 Å². The zero-order valence-electron chi connectivity index (χ0n) is 16.9. The maximum absolute atomic E-state index is 10.2. The Hall–Kier alpha value is -1.53. The summed E-state index contributed by atoms with van der Waals surface area (Å²) >= 11 is 1.93. The van der Waals surface area contributed by atoms with E-state index in [9.17, 15) is 5.11 Å². The molecule has 154 valence electrons. The highest BCUT2D eigenvalue weighted by Crippen LogP contribution is 2.44. The fourth-order valence-electron chi connectivity index (χ4n) is 4.52. The molecule has 0 spiro atoms. The van der Waals surface area contributed by atoms with E-state index in [0.29, 0.717) is 18.8 Å². The molecule has 4 nitrogen and oxygen atoms in total. The van der Waals surface area contributed by atoms with Crippen LogP contribution in [0.3, 0.4) is 0 Å². The van der Waals surface area contributed by atoms with Crippen molar-refractivity contribution in [2.75, 3.05) is 24.7 Å². The zero-order valence-corrected chi connectivity index (χ0v) is 17.7. The molecule has 1 saturated heterocycles. The van der Waals surface area contributed by atoms with Gasteiger partial charge in [-0.1, -0.05) is 24.3 Å². The van der Waals surface area contributed by atoms with Crippen molar-refractivity contribution in [3.05, 3.63) is 58.7 Å². The number of fused-ring (bicyclic) bond motifs is 1. The van der Waals surface area contributed by atoms with Crippen LogP contribution in [-0.2, 0) is 15.9 Å². The number of aliphatic hydroxyl groups is 1. The van der Waals surface area contributed by atoms with Crippen LogP contribution in [0.1, 0.15) is 60.0 Å². The van der Waals surface area contributed by atoms with Crippen molar-refractivity contribution in [1.29, 1.82) is 0 Å². The van der Waals surface area contributed by atoms with E-state index < -0.39 is 0 Å². The molecule has 5 rings (SSSR count). The molecule has 3 atom stereocenters. The molecule has 3 aliphatic rings. The van der Waals surface area contributed by atoms with Gasteiger partial charge in [0.2, 0.25) is 0 Å². The van der Waals surface area contributed by atoms with Gasteiger partial charge in [0, 0.05) is 42.8 Å². The van der Waals surface area contributed by atoms with Gasteiger partial charge in [-0.25, -0.2) is 0 Å². The second kappa shape index (κ2) is 8.31. The molecule has 2 aromatic rings. The molecule has 1 aliphatic carbocycles. The van der Waals surface area contributed by atoms with Crippen LogP contribution in [-0.4, -0.2) is 36.9 Å². The predicted molar refractivity (Wildman–Crippen MR) is 117 cm³/mol. The van der Waals surface area contributed by atoms with Crippen LogP contribution in [0.15, 0.2) is 41.3 Å². The van der Waals surface area contributed by atoms with Gasteiger partial charge in [-0.3, -0.25) is 0 Å². The van der Waals surface area contributed by atoms with E-state index in [2.05, 4.69) is 41.7 Å². The van der Waals surface area contributed by atoms with Gasteiger partial charge in [0.15, 0.2) is 6.29 Å². The van der Waals surface area contributed by atoms with Gasteiger partial charge in [0.1, 0.15) is 0 Å². The molecule has 0 radical (unpaired) electrons. The molecule has 2 aliphatic heterocycles. The quantitative estimate of drug-likeness (QED) is 0.736. The molecule has 0 aromatic heterocycles. The highest BCUT2D eigenvalue weighted by atomic mass is 32.2. The molecular weight excluding hydrogens is 382 g/mol. The van der Waals surface area contributed by atoms with E-state index in [1.54, 1.807) is 7.11 Å². The summed E-state index contributed by atoms with van der Waals surface area (Å²) in [4.78, 5) is 1.35. The van der Waals surface area contributed by atoms with Gasteiger partial charge < -0.3 is 19.9 Å². The molecule has 2 heterocycles. The topological polar surface area (TPSA) is 50.7 Å². The Morgan fingerprint density at radius 3 is 2.90 bits per heavy atom. The summed E-state index contributed by atoms with van der Waals surface area (Å²) in [7, 11) is 1.64. The number of nitrogens with one attached hydrogen (secondary N) is 1. The Bertz CT molecular complexity index is 882. The fraction of sp³-hybridized carbons (Fsp3) is 0.500.